The summed E-state index contributed by atoms with van der Waals surface area (Å²) in [6, 6.07) is 15.4. The molecule has 2 aromatic carbocycles. The van der Waals surface area contributed by atoms with Crippen molar-refractivity contribution >= 4 is 23.2 Å². The average molecular weight is 308 g/mol. The summed E-state index contributed by atoms with van der Waals surface area (Å²) in [4.78, 5) is 26.4. The molecule has 2 amide bonds. The van der Waals surface area contributed by atoms with Gasteiger partial charge >= 0.3 is 0 Å². The number of benzene rings is 2. The van der Waals surface area contributed by atoms with Crippen LogP contribution in [0.2, 0.25) is 0 Å². The summed E-state index contributed by atoms with van der Waals surface area (Å²) in [5, 5.41) is 2.90. The monoisotopic (exact) mass is 308 g/mol. The summed E-state index contributed by atoms with van der Waals surface area (Å²) < 4.78 is 0. The van der Waals surface area contributed by atoms with E-state index in [2.05, 4.69) is 5.32 Å². The lowest BCUT2D eigenvalue weighted by Crippen LogP contribution is -2.28. The second-order valence-corrected chi connectivity index (χ2v) is 6.05. The predicted octanol–water partition coefficient (Wildman–Crippen LogP) is 3.30. The van der Waals surface area contributed by atoms with Crippen molar-refractivity contribution in [1.82, 2.24) is 0 Å². The number of amides is 2. The fraction of sp³-hybridized carbons (Fsp3) is 0.263. The Morgan fingerprint density at radius 2 is 1.78 bits per heavy atom. The summed E-state index contributed by atoms with van der Waals surface area (Å²) >= 11 is 0. The zero-order chi connectivity index (χ0) is 16.4. The third-order valence-corrected chi connectivity index (χ3v) is 4.22. The molecule has 2 aromatic rings. The summed E-state index contributed by atoms with van der Waals surface area (Å²) in [5.41, 5.74) is 3.84. The van der Waals surface area contributed by atoms with Crippen molar-refractivity contribution in [3.8, 4) is 0 Å². The highest BCUT2D eigenvalue weighted by Gasteiger charge is 2.35. The SMILES string of the molecule is Cc1ccc(NC(=O)C2CC(=O)N(c3ccccc3C)C2)cc1. The van der Waals surface area contributed by atoms with Gasteiger partial charge in [0.1, 0.15) is 0 Å². The molecule has 1 N–H and O–H groups in total. The van der Waals surface area contributed by atoms with Gasteiger partial charge in [0.15, 0.2) is 0 Å². The molecule has 1 fully saturated rings. The Morgan fingerprint density at radius 1 is 1.09 bits per heavy atom. The first-order valence-corrected chi connectivity index (χ1v) is 7.78. The molecule has 1 unspecified atom stereocenters. The Labute approximate surface area is 136 Å². The predicted molar refractivity (Wildman–Crippen MR) is 91.4 cm³/mol. The standard InChI is InChI=1S/C19H20N2O2/c1-13-7-9-16(10-8-13)20-19(23)15-11-18(22)21(12-15)17-6-4-3-5-14(17)2/h3-10,15H,11-12H2,1-2H3,(H,20,23). The van der Waals surface area contributed by atoms with Crippen LogP contribution in [0.15, 0.2) is 48.5 Å². The highest BCUT2D eigenvalue weighted by atomic mass is 16.2. The van der Waals surface area contributed by atoms with Crippen molar-refractivity contribution in [1.29, 1.82) is 0 Å². The van der Waals surface area contributed by atoms with Crippen LogP contribution in [0, 0.1) is 19.8 Å². The molecule has 1 aliphatic heterocycles. The smallest absolute Gasteiger partial charge is 0.229 e. The lowest BCUT2D eigenvalue weighted by Gasteiger charge is -2.19. The first-order chi connectivity index (χ1) is 11.0. The van der Waals surface area contributed by atoms with Gasteiger partial charge in [0.05, 0.1) is 5.92 Å². The van der Waals surface area contributed by atoms with E-state index in [4.69, 9.17) is 0 Å². The van der Waals surface area contributed by atoms with Crippen molar-refractivity contribution in [2.24, 2.45) is 5.92 Å². The molecular weight excluding hydrogens is 288 g/mol. The van der Waals surface area contributed by atoms with Gasteiger partial charge in [0.2, 0.25) is 11.8 Å². The highest BCUT2D eigenvalue weighted by molar-refractivity contribution is 6.03. The number of anilines is 2. The Hall–Kier alpha value is -2.62. The van der Waals surface area contributed by atoms with Gasteiger partial charge in [-0.05, 0) is 37.6 Å². The van der Waals surface area contributed by atoms with E-state index in [0.29, 0.717) is 6.54 Å². The molecule has 0 saturated carbocycles. The molecule has 4 nitrogen and oxygen atoms in total. The van der Waals surface area contributed by atoms with Gasteiger partial charge in [-0.15, -0.1) is 0 Å². The highest BCUT2D eigenvalue weighted by Crippen LogP contribution is 2.28. The molecule has 0 aliphatic carbocycles. The molecule has 0 radical (unpaired) electrons. The third-order valence-electron chi connectivity index (χ3n) is 4.22. The van der Waals surface area contributed by atoms with Gasteiger partial charge in [-0.3, -0.25) is 9.59 Å². The van der Waals surface area contributed by atoms with Gasteiger partial charge < -0.3 is 10.2 Å². The normalized spacial score (nSPS) is 17.4. The topological polar surface area (TPSA) is 49.4 Å². The fourth-order valence-electron chi connectivity index (χ4n) is 2.86. The zero-order valence-electron chi connectivity index (χ0n) is 13.4. The Balaban J connectivity index is 1.71. The van der Waals surface area contributed by atoms with E-state index in [1.54, 1.807) is 4.90 Å². The van der Waals surface area contributed by atoms with Crippen LogP contribution in [0.1, 0.15) is 17.5 Å². The summed E-state index contributed by atoms with van der Waals surface area (Å²) in [6.45, 7) is 4.41. The van der Waals surface area contributed by atoms with E-state index in [1.165, 1.54) is 0 Å². The molecule has 1 atom stereocenters. The minimum absolute atomic E-state index is 0.00311. The van der Waals surface area contributed by atoms with E-state index >= 15 is 0 Å². The maximum Gasteiger partial charge on any atom is 0.229 e. The Kier molecular flexibility index (Phi) is 4.15. The molecule has 118 valence electrons. The quantitative estimate of drug-likeness (QED) is 0.946. The second-order valence-electron chi connectivity index (χ2n) is 6.05. The summed E-state index contributed by atoms with van der Waals surface area (Å²) in [6.07, 6.45) is 0.256. The number of nitrogens with zero attached hydrogens (tertiary/aromatic N) is 1. The van der Waals surface area contributed by atoms with Crippen molar-refractivity contribution < 1.29 is 9.59 Å². The van der Waals surface area contributed by atoms with Crippen LogP contribution in [0.25, 0.3) is 0 Å². The third kappa shape index (κ3) is 3.26. The van der Waals surface area contributed by atoms with E-state index in [1.807, 2.05) is 62.4 Å². The van der Waals surface area contributed by atoms with Gasteiger partial charge in [-0.25, -0.2) is 0 Å². The number of nitrogens with one attached hydrogen (secondary N) is 1. The number of rotatable bonds is 3. The van der Waals surface area contributed by atoms with Crippen molar-refractivity contribution in [3.05, 3.63) is 59.7 Å². The number of para-hydroxylation sites is 1. The van der Waals surface area contributed by atoms with Gasteiger partial charge in [0.25, 0.3) is 0 Å². The zero-order valence-corrected chi connectivity index (χ0v) is 13.4. The van der Waals surface area contributed by atoms with Crippen LogP contribution < -0.4 is 10.2 Å². The van der Waals surface area contributed by atoms with Crippen molar-refractivity contribution in [2.45, 2.75) is 20.3 Å². The molecule has 1 saturated heterocycles. The number of hydrogen-bond acceptors (Lipinski definition) is 2. The maximum absolute atomic E-state index is 12.4. The average Bonchev–Trinajstić information content (AvgIpc) is 2.92. The van der Waals surface area contributed by atoms with Gasteiger partial charge in [-0.2, -0.15) is 0 Å². The van der Waals surface area contributed by atoms with Crippen LogP contribution >= 0.6 is 0 Å². The number of aryl methyl sites for hydroxylation is 2. The largest absolute Gasteiger partial charge is 0.326 e. The van der Waals surface area contributed by atoms with Crippen molar-refractivity contribution in [3.63, 3.8) is 0 Å². The Bertz CT molecular complexity index is 737. The number of carbonyl (C=O) groups is 2. The first-order valence-electron chi connectivity index (χ1n) is 7.78. The van der Waals surface area contributed by atoms with Crippen LogP contribution in [0.4, 0.5) is 11.4 Å². The molecule has 1 aliphatic rings. The van der Waals surface area contributed by atoms with E-state index < -0.39 is 0 Å². The number of carbonyl (C=O) groups excluding carboxylic acids is 2. The molecule has 0 spiro atoms. The van der Waals surface area contributed by atoms with Crippen LogP contribution in [-0.2, 0) is 9.59 Å². The van der Waals surface area contributed by atoms with E-state index in [9.17, 15) is 9.59 Å². The fourth-order valence-corrected chi connectivity index (χ4v) is 2.86. The second kappa shape index (κ2) is 6.24. The molecule has 0 bridgehead atoms. The minimum Gasteiger partial charge on any atom is -0.326 e. The molecule has 1 heterocycles. The maximum atomic E-state index is 12.4. The molecule has 0 aromatic heterocycles. The number of hydrogen-bond donors (Lipinski definition) is 1. The lowest BCUT2D eigenvalue weighted by atomic mass is 10.1. The lowest BCUT2D eigenvalue weighted by molar-refractivity contribution is -0.122. The van der Waals surface area contributed by atoms with Gasteiger partial charge in [0, 0.05) is 24.3 Å². The van der Waals surface area contributed by atoms with Gasteiger partial charge in [-0.1, -0.05) is 35.9 Å². The molecular formula is C19H20N2O2. The summed E-state index contributed by atoms with van der Waals surface area (Å²) in [7, 11) is 0. The van der Waals surface area contributed by atoms with Crippen LogP contribution in [-0.4, -0.2) is 18.4 Å². The molecule has 4 heteroatoms. The van der Waals surface area contributed by atoms with E-state index in [-0.39, 0.29) is 24.2 Å². The minimum atomic E-state index is -0.316. The van der Waals surface area contributed by atoms with Crippen LogP contribution in [0.3, 0.4) is 0 Å². The summed E-state index contributed by atoms with van der Waals surface area (Å²) in [5.74, 6) is -0.412. The Morgan fingerprint density at radius 3 is 2.48 bits per heavy atom. The first kappa shape index (κ1) is 15.3. The van der Waals surface area contributed by atoms with Crippen molar-refractivity contribution in [2.75, 3.05) is 16.8 Å². The van der Waals surface area contributed by atoms with Crippen LogP contribution in [0.5, 0.6) is 0 Å². The van der Waals surface area contributed by atoms with E-state index in [0.717, 1.165) is 22.5 Å². The molecule has 23 heavy (non-hydrogen) atoms. The molecule has 3 rings (SSSR count).